The molecule has 1 N–H and O–H groups in total. The van der Waals surface area contributed by atoms with E-state index in [-0.39, 0.29) is 29.5 Å². The largest absolute Gasteiger partial charge is 0.418 e. The van der Waals surface area contributed by atoms with Gasteiger partial charge in [0.1, 0.15) is 10.7 Å². The summed E-state index contributed by atoms with van der Waals surface area (Å²) >= 11 is 0. The van der Waals surface area contributed by atoms with Gasteiger partial charge in [-0.15, -0.1) is 0 Å². The standard InChI is InChI=1S/C16H16F3N3O3S/c17-16(18,19)13-3-1-2-4-14(13)21-15-6-5-12(11-20-15)26(23,24)22-7-9-25-10-8-22/h1-6,11H,7-10H2,(H,20,21). The van der Waals surface area contributed by atoms with Crippen LogP contribution in [0.4, 0.5) is 24.7 Å². The molecule has 1 aliphatic heterocycles. The molecule has 1 fully saturated rings. The third kappa shape index (κ3) is 3.97. The number of nitrogens with zero attached hydrogens (tertiary/aromatic N) is 2. The summed E-state index contributed by atoms with van der Waals surface area (Å²) in [5.41, 5.74) is -0.983. The number of para-hydroxylation sites is 1. The van der Waals surface area contributed by atoms with Crippen LogP contribution in [0.2, 0.25) is 0 Å². The van der Waals surface area contributed by atoms with Crippen LogP contribution in [0, 0.1) is 0 Å². The second-order valence-corrected chi connectivity index (χ2v) is 7.50. The number of aromatic nitrogens is 1. The van der Waals surface area contributed by atoms with Crippen molar-refractivity contribution in [1.29, 1.82) is 0 Å². The molecule has 1 saturated heterocycles. The van der Waals surface area contributed by atoms with E-state index in [1.54, 1.807) is 0 Å². The number of nitrogens with one attached hydrogen (secondary N) is 1. The average Bonchev–Trinajstić information content (AvgIpc) is 2.62. The van der Waals surface area contributed by atoms with Crippen molar-refractivity contribution in [2.24, 2.45) is 0 Å². The van der Waals surface area contributed by atoms with Gasteiger partial charge in [0.2, 0.25) is 10.0 Å². The van der Waals surface area contributed by atoms with E-state index in [0.717, 1.165) is 12.3 Å². The number of halogens is 3. The van der Waals surface area contributed by atoms with Crippen molar-refractivity contribution in [3.05, 3.63) is 48.2 Å². The SMILES string of the molecule is O=S(=O)(c1ccc(Nc2ccccc2C(F)(F)F)nc1)N1CCOCC1. The van der Waals surface area contributed by atoms with E-state index in [0.29, 0.717) is 13.2 Å². The minimum atomic E-state index is -4.51. The Morgan fingerprint density at radius 2 is 1.77 bits per heavy atom. The van der Waals surface area contributed by atoms with Gasteiger partial charge in [-0.2, -0.15) is 17.5 Å². The lowest BCUT2D eigenvalue weighted by molar-refractivity contribution is -0.136. The quantitative estimate of drug-likeness (QED) is 0.874. The number of alkyl halides is 3. The Morgan fingerprint density at radius 3 is 2.38 bits per heavy atom. The lowest BCUT2D eigenvalue weighted by Crippen LogP contribution is -2.40. The van der Waals surface area contributed by atoms with E-state index in [4.69, 9.17) is 4.74 Å². The monoisotopic (exact) mass is 387 g/mol. The van der Waals surface area contributed by atoms with Crippen molar-refractivity contribution in [2.45, 2.75) is 11.1 Å². The third-order valence-corrected chi connectivity index (χ3v) is 5.72. The summed E-state index contributed by atoms with van der Waals surface area (Å²) in [5.74, 6) is 0.114. The Kier molecular flexibility index (Phi) is 5.17. The van der Waals surface area contributed by atoms with Gasteiger partial charge in [-0.25, -0.2) is 13.4 Å². The van der Waals surface area contributed by atoms with Crippen molar-refractivity contribution in [1.82, 2.24) is 9.29 Å². The number of sulfonamides is 1. The zero-order valence-corrected chi connectivity index (χ0v) is 14.3. The molecule has 3 rings (SSSR count). The molecule has 0 bridgehead atoms. The fourth-order valence-electron chi connectivity index (χ4n) is 2.52. The highest BCUT2D eigenvalue weighted by molar-refractivity contribution is 7.89. The number of morpholine rings is 1. The molecule has 0 saturated carbocycles. The fourth-order valence-corrected chi connectivity index (χ4v) is 3.87. The molecule has 0 spiro atoms. The highest BCUT2D eigenvalue weighted by atomic mass is 32.2. The highest BCUT2D eigenvalue weighted by Gasteiger charge is 2.33. The maximum Gasteiger partial charge on any atom is 0.418 e. The lowest BCUT2D eigenvalue weighted by Gasteiger charge is -2.25. The van der Waals surface area contributed by atoms with E-state index in [9.17, 15) is 21.6 Å². The Morgan fingerprint density at radius 1 is 1.08 bits per heavy atom. The molecule has 26 heavy (non-hydrogen) atoms. The first-order valence-electron chi connectivity index (χ1n) is 7.76. The minimum Gasteiger partial charge on any atom is -0.379 e. The first-order valence-corrected chi connectivity index (χ1v) is 9.20. The van der Waals surface area contributed by atoms with Crippen molar-refractivity contribution >= 4 is 21.5 Å². The van der Waals surface area contributed by atoms with Gasteiger partial charge in [-0.3, -0.25) is 0 Å². The van der Waals surface area contributed by atoms with Gasteiger partial charge in [0, 0.05) is 19.3 Å². The minimum absolute atomic E-state index is 0.0194. The molecule has 1 aromatic heterocycles. The van der Waals surface area contributed by atoms with Crippen molar-refractivity contribution in [3.63, 3.8) is 0 Å². The van der Waals surface area contributed by atoms with E-state index < -0.39 is 21.8 Å². The third-order valence-electron chi connectivity index (χ3n) is 3.84. The maximum absolute atomic E-state index is 13.0. The van der Waals surface area contributed by atoms with Gasteiger partial charge in [0.15, 0.2) is 0 Å². The molecule has 0 atom stereocenters. The Bertz CT molecular complexity index is 864. The van der Waals surface area contributed by atoms with Crippen LogP contribution in [-0.2, 0) is 20.9 Å². The molecule has 0 unspecified atom stereocenters. The molecule has 2 heterocycles. The molecule has 0 amide bonds. The predicted octanol–water partition coefficient (Wildman–Crippen LogP) is 2.86. The summed E-state index contributed by atoms with van der Waals surface area (Å²) in [6, 6.07) is 7.65. The van der Waals surface area contributed by atoms with Crippen LogP contribution >= 0.6 is 0 Å². The number of hydrogen-bond donors (Lipinski definition) is 1. The lowest BCUT2D eigenvalue weighted by atomic mass is 10.1. The predicted molar refractivity (Wildman–Crippen MR) is 88.5 cm³/mol. The molecule has 0 aliphatic carbocycles. The average molecular weight is 387 g/mol. The fraction of sp³-hybridized carbons (Fsp3) is 0.312. The Balaban J connectivity index is 1.81. The summed E-state index contributed by atoms with van der Waals surface area (Å²) < 4.78 is 70.5. The molecular formula is C16H16F3N3O3S. The summed E-state index contributed by atoms with van der Waals surface area (Å²) in [6.45, 7) is 1.14. The second-order valence-electron chi connectivity index (χ2n) is 5.56. The molecule has 6 nitrogen and oxygen atoms in total. The number of ether oxygens (including phenoxy) is 1. The summed E-state index contributed by atoms with van der Waals surface area (Å²) in [4.78, 5) is 3.92. The molecule has 1 aliphatic rings. The van der Waals surface area contributed by atoms with Crippen LogP contribution < -0.4 is 5.32 Å². The van der Waals surface area contributed by atoms with Crippen LogP contribution in [0.25, 0.3) is 0 Å². The zero-order valence-electron chi connectivity index (χ0n) is 13.5. The smallest absolute Gasteiger partial charge is 0.379 e. The molecule has 0 radical (unpaired) electrons. The van der Waals surface area contributed by atoms with E-state index in [1.807, 2.05) is 0 Å². The van der Waals surface area contributed by atoms with Crippen LogP contribution in [0.3, 0.4) is 0 Å². The summed E-state index contributed by atoms with van der Waals surface area (Å²) in [7, 11) is -3.70. The maximum atomic E-state index is 13.0. The topological polar surface area (TPSA) is 71.5 Å². The first kappa shape index (κ1) is 18.6. The number of hydrogen-bond acceptors (Lipinski definition) is 5. The molecule has 2 aromatic rings. The van der Waals surface area contributed by atoms with Crippen LogP contribution in [-0.4, -0.2) is 44.0 Å². The van der Waals surface area contributed by atoms with E-state index in [2.05, 4.69) is 10.3 Å². The number of benzene rings is 1. The van der Waals surface area contributed by atoms with Crippen LogP contribution in [0.5, 0.6) is 0 Å². The normalized spacial score (nSPS) is 16.4. The number of anilines is 2. The van der Waals surface area contributed by atoms with Crippen molar-refractivity contribution < 1.29 is 26.3 Å². The van der Waals surface area contributed by atoms with Gasteiger partial charge in [-0.05, 0) is 24.3 Å². The number of pyridine rings is 1. The molecule has 10 heteroatoms. The Labute approximate surface area is 148 Å². The van der Waals surface area contributed by atoms with Crippen molar-refractivity contribution in [3.8, 4) is 0 Å². The van der Waals surface area contributed by atoms with E-state index in [1.165, 1.54) is 34.6 Å². The summed E-state index contributed by atoms with van der Waals surface area (Å²) in [6.07, 6.45) is -3.38. The Hall–Kier alpha value is -2.17. The van der Waals surface area contributed by atoms with Gasteiger partial charge in [-0.1, -0.05) is 12.1 Å². The zero-order chi connectivity index (χ0) is 18.8. The van der Waals surface area contributed by atoms with Crippen LogP contribution in [0.1, 0.15) is 5.56 Å². The highest BCUT2D eigenvalue weighted by Crippen LogP contribution is 2.35. The summed E-state index contributed by atoms with van der Waals surface area (Å²) in [5, 5.41) is 2.58. The van der Waals surface area contributed by atoms with Gasteiger partial charge in [0.25, 0.3) is 0 Å². The first-order chi connectivity index (χ1) is 12.3. The van der Waals surface area contributed by atoms with Gasteiger partial charge in [0.05, 0.1) is 24.5 Å². The van der Waals surface area contributed by atoms with E-state index >= 15 is 0 Å². The van der Waals surface area contributed by atoms with Gasteiger partial charge < -0.3 is 10.1 Å². The molecule has 1 aromatic carbocycles. The van der Waals surface area contributed by atoms with Crippen molar-refractivity contribution in [2.75, 3.05) is 31.6 Å². The van der Waals surface area contributed by atoms with Crippen LogP contribution in [0.15, 0.2) is 47.5 Å². The molecule has 140 valence electrons. The number of rotatable bonds is 4. The molecular weight excluding hydrogens is 371 g/mol. The van der Waals surface area contributed by atoms with Gasteiger partial charge >= 0.3 is 6.18 Å². The second kappa shape index (κ2) is 7.22.